The summed E-state index contributed by atoms with van der Waals surface area (Å²) in [7, 11) is -3.51. The summed E-state index contributed by atoms with van der Waals surface area (Å²) >= 11 is 0. The molecule has 3 rings (SSSR count). The van der Waals surface area contributed by atoms with E-state index in [0.29, 0.717) is 11.1 Å². The van der Waals surface area contributed by atoms with Gasteiger partial charge < -0.3 is 4.52 Å². The van der Waals surface area contributed by atoms with Gasteiger partial charge in [-0.05, 0) is 40.8 Å². The molecule has 0 N–H and O–H groups in total. The molecule has 3 aromatic rings. The molecule has 1 unspecified atom stereocenters. The Balaban J connectivity index is 1.85. The third-order valence-corrected chi connectivity index (χ3v) is 6.11. The van der Waals surface area contributed by atoms with E-state index in [1.54, 1.807) is 12.1 Å². The summed E-state index contributed by atoms with van der Waals surface area (Å²) in [6.45, 7) is 6.68. The van der Waals surface area contributed by atoms with Crippen molar-refractivity contribution in [2.45, 2.75) is 32.8 Å². The lowest BCUT2D eigenvalue weighted by Crippen LogP contribution is -2.13. The molecule has 0 aliphatic rings. The molecule has 0 amide bonds. The second kappa shape index (κ2) is 8.12. The van der Waals surface area contributed by atoms with Crippen LogP contribution >= 0.6 is 7.60 Å². The molecule has 0 fully saturated rings. The van der Waals surface area contributed by atoms with Gasteiger partial charge in [0.15, 0.2) is 0 Å². The summed E-state index contributed by atoms with van der Waals surface area (Å²) in [5.74, 6) is 0.531. The smallest absolute Gasteiger partial charge is 0.411 e. The van der Waals surface area contributed by atoms with Crippen molar-refractivity contribution in [2.24, 2.45) is 0 Å². The number of benzene rings is 3. The molecule has 0 aliphatic heterocycles. The summed E-state index contributed by atoms with van der Waals surface area (Å²) in [6.07, 6.45) is 0. The van der Waals surface area contributed by atoms with E-state index in [-0.39, 0.29) is 12.0 Å². The second-order valence-electron chi connectivity index (χ2n) is 7.46. The number of hydrogen-bond donors (Lipinski definition) is 0. The Morgan fingerprint density at radius 3 is 1.89 bits per heavy atom. The van der Waals surface area contributed by atoms with Crippen molar-refractivity contribution in [3.8, 4) is 5.75 Å². The van der Waals surface area contributed by atoms with Gasteiger partial charge in [-0.25, -0.2) is 4.57 Å². The van der Waals surface area contributed by atoms with E-state index in [0.717, 1.165) is 5.56 Å². The maximum atomic E-state index is 13.6. The van der Waals surface area contributed by atoms with Gasteiger partial charge in [0.05, 0.1) is 11.9 Å². The van der Waals surface area contributed by atoms with Gasteiger partial charge in [0, 0.05) is 0 Å². The molecule has 27 heavy (non-hydrogen) atoms. The van der Waals surface area contributed by atoms with Gasteiger partial charge >= 0.3 is 7.60 Å². The number of rotatable bonds is 6. The summed E-state index contributed by atoms with van der Waals surface area (Å²) in [5, 5.41) is 0.542. The monoisotopic (exact) mass is 380 g/mol. The van der Waals surface area contributed by atoms with Crippen LogP contribution in [0.3, 0.4) is 0 Å². The van der Waals surface area contributed by atoms with Crippen molar-refractivity contribution < 1.29 is 13.6 Å². The van der Waals surface area contributed by atoms with Crippen molar-refractivity contribution in [1.29, 1.82) is 0 Å². The SMILES string of the molecule is CC(C)(C)c1ccc(OP(=O)(OCc2ccccc2)c2ccccc2)cc1. The van der Waals surface area contributed by atoms with Crippen LogP contribution in [0.25, 0.3) is 0 Å². The van der Waals surface area contributed by atoms with Crippen LogP contribution in [0.5, 0.6) is 5.75 Å². The highest BCUT2D eigenvalue weighted by Gasteiger charge is 2.29. The molecule has 0 saturated heterocycles. The number of hydrogen-bond acceptors (Lipinski definition) is 3. The zero-order chi connectivity index (χ0) is 19.3. The first-order valence-corrected chi connectivity index (χ1v) is 10.6. The van der Waals surface area contributed by atoms with Crippen molar-refractivity contribution in [2.75, 3.05) is 0 Å². The van der Waals surface area contributed by atoms with Crippen molar-refractivity contribution in [3.63, 3.8) is 0 Å². The van der Waals surface area contributed by atoms with E-state index < -0.39 is 7.60 Å². The molecule has 3 aromatic carbocycles. The minimum Gasteiger partial charge on any atom is -0.421 e. The predicted molar refractivity (Wildman–Crippen MR) is 111 cm³/mol. The maximum Gasteiger partial charge on any atom is 0.411 e. The first-order chi connectivity index (χ1) is 12.9. The lowest BCUT2D eigenvalue weighted by atomic mass is 9.87. The molecule has 140 valence electrons. The van der Waals surface area contributed by atoms with Gasteiger partial charge in [-0.15, -0.1) is 0 Å². The maximum absolute atomic E-state index is 13.6. The Morgan fingerprint density at radius 2 is 1.33 bits per heavy atom. The van der Waals surface area contributed by atoms with E-state index in [4.69, 9.17) is 9.05 Å². The van der Waals surface area contributed by atoms with Gasteiger partial charge in [-0.2, -0.15) is 0 Å². The summed E-state index contributed by atoms with van der Waals surface area (Å²) < 4.78 is 25.3. The molecule has 4 heteroatoms. The highest BCUT2D eigenvalue weighted by atomic mass is 31.2. The Kier molecular flexibility index (Phi) is 5.84. The van der Waals surface area contributed by atoms with Gasteiger partial charge in [0.25, 0.3) is 0 Å². The van der Waals surface area contributed by atoms with Crippen LogP contribution in [-0.2, 0) is 21.1 Å². The molecule has 0 aromatic heterocycles. The van der Waals surface area contributed by atoms with Crippen LogP contribution < -0.4 is 9.83 Å². The molecule has 1 atom stereocenters. The fourth-order valence-corrected chi connectivity index (χ4v) is 4.22. The normalized spacial score (nSPS) is 13.7. The van der Waals surface area contributed by atoms with Gasteiger partial charge in [-0.3, -0.25) is 4.52 Å². The zero-order valence-corrected chi connectivity index (χ0v) is 16.9. The first-order valence-electron chi connectivity index (χ1n) is 9.01. The van der Waals surface area contributed by atoms with Crippen LogP contribution in [0.15, 0.2) is 84.9 Å². The summed E-state index contributed by atoms with van der Waals surface area (Å²) in [6, 6.07) is 26.5. The van der Waals surface area contributed by atoms with Crippen LogP contribution in [0, 0.1) is 0 Å². The molecule has 0 saturated carbocycles. The van der Waals surface area contributed by atoms with Gasteiger partial charge in [0.2, 0.25) is 0 Å². The van der Waals surface area contributed by atoms with Crippen LogP contribution in [0.4, 0.5) is 0 Å². The van der Waals surface area contributed by atoms with Crippen LogP contribution in [0.1, 0.15) is 31.9 Å². The fourth-order valence-electron chi connectivity index (χ4n) is 2.65. The highest BCUT2D eigenvalue weighted by molar-refractivity contribution is 7.62. The first kappa shape index (κ1) is 19.4. The lowest BCUT2D eigenvalue weighted by Gasteiger charge is -2.22. The Morgan fingerprint density at radius 1 is 0.778 bits per heavy atom. The third kappa shape index (κ3) is 5.09. The Hall–Kier alpha value is -2.35. The molecular formula is C23H25O3P. The quantitative estimate of drug-likeness (QED) is 0.485. The molecule has 0 radical (unpaired) electrons. The summed E-state index contributed by atoms with van der Waals surface area (Å²) in [5.41, 5.74) is 2.18. The molecule has 0 spiro atoms. The fraction of sp³-hybridized carbons (Fsp3) is 0.217. The molecule has 0 aliphatic carbocycles. The molecule has 3 nitrogen and oxygen atoms in total. The molecule has 0 heterocycles. The van der Waals surface area contributed by atoms with E-state index in [1.165, 1.54) is 5.56 Å². The lowest BCUT2D eigenvalue weighted by molar-refractivity contribution is 0.264. The van der Waals surface area contributed by atoms with E-state index >= 15 is 0 Å². The van der Waals surface area contributed by atoms with E-state index in [1.807, 2.05) is 72.8 Å². The highest BCUT2D eigenvalue weighted by Crippen LogP contribution is 2.48. The topological polar surface area (TPSA) is 35.5 Å². The van der Waals surface area contributed by atoms with E-state index in [9.17, 15) is 4.57 Å². The second-order valence-corrected chi connectivity index (χ2v) is 9.41. The van der Waals surface area contributed by atoms with Crippen molar-refractivity contribution >= 4 is 12.9 Å². The predicted octanol–water partition coefficient (Wildman–Crippen LogP) is 6.10. The molecule has 0 bridgehead atoms. The van der Waals surface area contributed by atoms with E-state index in [2.05, 4.69) is 20.8 Å². The Bertz CT molecular complexity index is 898. The van der Waals surface area contributed by atoms with Crippen LogP contribution in [-0.4, -0.2) is 0 Å². The largest absolute Gasteiger partial charge is 0.421 e. The zero-order valence-electron chi connectivity index (χ0n) is 16.0. The van der Waals surface area contributed by atoms with Crippen molar-refractivity contribution in [1.82, 2.24) is 0 Å². The van der Waals surface area contributed by atoms with Gasteiger partial charge in [0.1, 0.15) is 5.75 Å². The molecular weight excluding hydrogens is 355 g/mol. The minimum atomic E-state index is -3.51. The minimum absolute atomic E-state index is 0.0471. The average Bonchev–Trinajstić information content (AvgIpc) is 2.68. The van der Waals surface area contributed by atoms with Gasteiger partial charge in [-0.1, -0.05) is 81.4 Å². The summed E-state index contributed by atoms with van der Waals surface area (Å²) in [4.78, 5) is 0. The van der Waals surface area contributed by atoms with Crippen molar-refractivity contribution in [3.05, 3.63) is 96.1 Å². The standard InChI is InChI=1S/C23H25O3P/c1-23(2,3)20-14-16-21(17-15-20)26-27(24,22-12-8-5-9-13-22)25-18-19-10-6-4-7-11-19/h4-17H,18H2,1-3H3. The average molecular weight is 380 g/mol. The Labute approximate surface area is 161 Å². The third-order valence-electron chi connectivity index (χ3n) is 4.26. The van der Waals surface area contributed by atoms with Crippen LogP contribution in [0.2, 0.25) is 0 Å².